The van der Waals surface area contributed by atoms with Gasteiger partial charge in [-0.25, -0.2) is 0 Å². The Balaban J connectivity index is 4.90. The lowest BCUT2D eigenvalue weighted by molar-refractivity contribution is -0.870. The van der Waals surface area contributed by atoms with E-state index in [0.717, 1.165) is 57.8 Å². The molecule has 10 heteroatoms. The molecule has 1 N–H and O–H groups in total. The number of phosphoric ester groups is 1. The van der Waals surface area contributed by atoms with Gasteiger partial charge in [0.15, 0.2) is 0 Å². The van der Waals surface area contributed by atoms with Crippen molar-refractivity contribution in [3.63, 3.8) is 0 Å². The zero-order valence-corrected chi connectivity index (χ0v) is 63.0. The molecule has 0 aliphatic heterocycles. The second-order valence-corrected chi connectivity index (χ2v) is 30.7. The van der Waals surface area contributed by atoms with Crippen LogP contribution in [-0.4, -0.2) is 69.4 Å². The number of rotatable bonds is 76. The standard InChI is InChI=1S/C81H159N2O7P/c1-7-10-13-16-19-22-25-28-30-32-34-36-38-40-41-43-44-46-48-50-52-55-58-61-64-67-70-73-80(84)82-78(77-89-91(86,87)88-76-75-83(4,5)6)79(72-69-66-63-60-57-54-27-24-21-18-15-12-9-3)90-81(85)74-71-68-65-62-59-56-53-51-49-47-45-42-39-37-35-33-31-29-26-23-20-17-14-11-8-2/h28,30,69,72,78-79H,7-27,29,31-68,70-71,73-77H2,1-6H3,(H-,82,84,86,87)/b30-28+,72-69+. The Kier molecular flexibility index (Phi) is 70.1. The molecule has 9 nitrogen and oxygen atoms in total. The number of allylic oxidation sites excluding steroid dienone is 3. The maximum atomic E-state index is 13.7. The van der Waals surface area contributed by atoms with E-state index >= 15 is 0 Å². The molecule has 0 saturated heterocycles. The van der Waals surface area contributed by atoms with Gasteiger partial charge in [-0.2, -0.15) is 0 Å². The maximum Gasteiger partial charge on any atom is 0.306 e. The van der Waals surface area contributed by atoms with Crippen molar-refractivity contribution in [2.75, 3.05) is 40.9 Å². The second kappa shape index (κ2) is 71.3. The van der Waals surface area contributed by atoms with Gasteiger partial charge in [0, 0.05) is 12.8 Å². The molecule has 0 saturated carbocycles. The van der Waals surface area contributed by atoms with Gasteiger partial charge in [0.05, 0.1) is 33.8 Å². The van der Waals surface area contributed by atoms with E-state index in [1.807, 2.05) is 33.3 Å². The minimum Gasteiger partial charge on any atom is -0.756 e. The third-order valence-electron chi connectivity index (χ3n) is 18.9. The van der Waals surface area contributed by atoms with Gasteiger partial charge >= 0.3 is 5.97 Å². The molecule has 0 spiro atoms. The summed E-state index contributed by atoms with van der Waals surface area (Å²) in [5.74, 6) is -0.510. The van der Waals surface area contributed by atoms with Crippen LogP contribution in [0.4, 0.5) is 0 Å². The number of hydrogen-bond donors (Lipinski definition) is 1. The number of nitrogens with one attached hydrogen (secondary N) is 1. The van der Waals surface area contributed by atoms with Gasteiger partial charge in [0.25, 0.3) is 7.82 Å². The number of likely N-dealkylation sites (N-methyl/N-ethyl adjacent to an activating group) is 1. The minimum atomic E-state index is -4.70. The number of carbonyl (C=O) groups is 2. The van der Waals surface area contributed by atoms with Crippen molar-refractivity contribution in [3.05, 3.63) is 24.3 Å². The van der Waals surface area contributed by atoms with E-state index in [4.69, 9.17) is 13.8 Å². The van der Waals surface area contributed by atoms with Crippen molar-refractivity contribution in [3.8, 4) is 0 Å². The van der Waals surface area contributed by atoms with Crippen LogP contribution in [-0.2, 0) is 27.9 Å². The molecular formula is C81H159N2O7P. The second-order valence-electron chi connectivity index (χ2n) is 29.3. The average molecular weight is 1300 g/mol. The fourth-order valence-electron chi connectivity index (χ4n) is 12.6. The quantitative estimate of drug-likeness (QED) is 0.0212. The van der Waals surface area contributed by atoms with Crippen molar-refractivity contribution in [1.29, 1.82) is 0 Å². The van der Waals surface area contributed by atoms with Crippen molar-refractivity contribution in [1.82, 2.24) is 5.32 Å². The first-order valence-corrected chi connectivity index (χ1v) is 42.1. The zero-order valence-electron chi connectivity index (χ0n) is 62.1. The van der Waals surface area contributed by atoms with E-state index in [-0.39, 0.29) is 31.5 Å². The summed E-state index contributed by atoms with van der Waals surface area (Å²) in [5, 5.41) is 3.07. The van der Waals surface area contributed by atoms with Crippen LogP contribution in [0.15, 0.2) is 24.3 Å². The summed E-state index contributed by atoms with van der Waals surface area (Å²) in [6.07, 6.45) is 89.0. The highest BCUT2D eigenvalue weighted by atomic mass is 31.2. The van der Waals surface area contributed by atoms with E-state index in [2.05, 4.69) is 38.2 Å². The third-order valence-corrected chi connectivity index (χ3v) is 19.8. The Labute approximate surface area is 568 Å². The fraction of sp³-hybridized carbons (Fsp3) is 0.926. The van der Waals surface area contributed by atoms with Gasteiger partial charge in [0.2, 0.25) is 5.91 Å². The summed E-state index contributed by atoms with van der Waals surface area (Å²) >= 11 is 0. The number of phosphoric acid groups is 1. The van der Waals surface area contributed by atoms with Crippen molar-refractivity contribution in [2.24, 2.45) is 0 Å². The molecule has 91 heavy (non-hydrogen) atoms. The summed E-state index contributed by atoms with van der Waals surface area (Å²) < 4.78 is 30.6. The van der Waals surface area contributed by atoms with Crippen LogP contribution in [0.1, 0.15) is 432 Å². The Bertz CT molecular complexity index is 1600. The van der Waals surface area contributed by atoms with Gasteiger partial charge in [-0.3, -0.25) is 14.2 Å². The first kappa shape index (κ1) is 89.5. The monoisotopic (exact) mass is 1300 g/mol. The highest BCUT2D eigenvalue weighted by Crippen LogP contribution is 2.38. The number of ether oxygens (including phenoxy) is 1. The molecule has 0 radical (unpaired) electrons. The molecule has 0 aliphatic rings. The predicted molar refractivity (Wildman–Crippen MR) is 395 cm³/mol. The summed E-state index contributed by atoms with van der Waals surface area (Å²) in [7, 11) is 1.21. The predicted octanol–water partition coefficient (Wildman–Crippen LogP) is 25.7. The van der Waals surface area contributed by atoms with Crippen molar-refractivity contribution in [2.45, 2.75) is 444 Å². The lowest BCUT2D eigenvalue weighted by Gasteiger charge is -2.30. The molecule has 1 amide bonds. The number of unbranched alkanes of at least 4 members (excludes halogenated alkanes) is 58. The SMILES string of the molecule is CCCCCCCC/C=C/CCCCCCCCCCCCCCCCCCCC(=O)NC(COP(=O)([O-])OCC[N+](C)(C)C)C(/C=C/CCCCCCCCCCCCC)OC(=O)CCCCCCCCCCCCCCCCCCCCCCCCCCC. The number of amides is 1. The Hall–Kier alpha value is -1.51. The summed E-state index contributed by atoms with van der Waals surface area (Å²) in [6.45, 7) is 6.93. The molecule has 0 aliphatic carbocycles. The van der Waals surface area contributed by atoms with Crippen LogP contribution < -0.4 is 10.2 Å². The molecule has 0 fully saturated rings. The van der Waals surface area contributed by atoms with E-state index in [1.165, 1.54) is 340 Å². The van der Waals surface area contributed by atoms with E-state index in [0.29, 0.717) is 17.4 Å². The van der Waals surface area contributed by atoms with Crippen LogP contribution in [0, 0.1) is 0 Å². The summed E-state index contributed by atoms with van der Waals surface area (Å²) in [5.41, 5.74) is 0. The average Bonchev–Trinajstić information content (AvgIpc) is 3.45. The number of hydrogen-bond acceptors (Lipinski definition) is 7. The number of esters is 1. The van der Waals surface area contributed by atoms with E-state index in [9.17, 15) is 19.0 Å². The zero-order chi connectivity index (χ0) is 66.3. The number of quaternary nitrogens is 1. The highest BCUT2D eigenvalue weighted by molar-refractivity contribution is 7.45. The molecule has 540 valence electrons. The summed E-state index contributed by atoms with van der Waals surface area (Å²) in [6, 6.07) is -0.884. The first-order chi connectivity index (χ1) is 44.4. The Morgan fingerprint density at radius 1 is 0.374 bits per heavy atom. The van der Waals surface area contributed by atoms with Gasteiger partial charge < -0.3 is 28.5 Å². The molecule has 3 atom stereocenters. The van der Waals surface area contributed by atoms with Crippen LogP contribution in [0.3, 0.4) is 0 Å². The summed E-state index contributed by atoms with van der Waals surface area (Å²) in [4.78, 5) is 40.4. The lowest BCUT2D eigenvalue weighted by Crippen LogP contribution is -2.47. The topological polar surface area (TPSA) is 114 Å². The van der Waals surface area contributed by atoms with Gasteiger partial charge in [-0.1, -0.05) is 386 Å². The first-order valence-electron chi connectivity index (χ1n) is 40.6. The fourth-order valence-corrected chi connectivity index (χ4v) is 13.4. The normalized spacial score (nSPS) is 13.4. The van der Waals surface area contributed by atoms with Crippen LogP contribution >= 0.6 is 7.82 Å². The van der Waals surface area contributed by atoms with E-state index < -0.39 is 20.0 Å². The molecular weight excluding hydrogens is 1140 g/mol. The van der Waals surface area contributed by atoms with Crippen molar-refractivity contribution < 1.29 is 37.3 Å². The molecule has 0 aromatic rings. The minimum absolute atomic E-state index is 0.0173. The van der Waals surface area contributed by atoms with Crippen LogP contribution in [0.5, 0.6) is 0 Å². The van der Waals surface area contributed by atoms with Gasteiger partial charge in [0.1, 0.15) is 19.3 Å². The highest BCUT2D eigenvalue weighted by Gasteiger charge is 2.27. The smallest absolute Gasteiger partial charge is 0.306 e. The lowest BCUT2D eigenvalue weighted by atomic mass is 10.0. The Morgan fingerprint density at radius 2 is 0.637 bits per heavy atom. The van der Waals surface area contributed by atoms with Crippen LogP contribution in [0.2, 0.25) is 0 Å². The van der Waals surface area contributed by atoms with Crippen LogP contribution in [0.25, 0.3) is 0 Å². The van der Waals surface area contributed by atoms with Gasteiger partial charge in [-0.05, 0) is 57.4 Å². The molecule has 0 aromatic heterocycles. The molecule has 3 unspecified atom stereocenters. The molecule has 0 aromatic carbocycles. The molecule has 0 heterocycles. The van der Waals surface area contributed by atoms with Crippen molar-refractivity contribution >= 4 is 19.7 Å². The largest absolute Gasteiger partial charge is 0.756 e. The Morgan fingerprint density at radius 3 is 0.934 bits per heavy atom. The third kappa shape index (κ3) is 72.6. The maximum absolute atomic E-state index is 13.7. The number of carbonyl (C=O) groups excluding carboxylic acids is 2. The number of nitrogens with zero attached hydrogens (tertiary/aromatic N) is 1. The van der Waals surface area contributed by atoms with Gasteiger partial charge in [-0.15, -0.1) is 0 Å². The molecule has 0 bridgehead atoms. The van der Waals surface area contributed by atoms with E-state index in [1.54, 1.807) is 0 Å². The molecule has 0 rings (SSSR count).